The quantitative estimate of drug-likeness (QED) is 0.0368. The van der Waals surface area contributed by atoms with Gasteiger partial charge in [-0.05, 0) is 12.8 Å². The molecular weight excluding hydrogens is 635 g/mol. The Labute approximate surface area is 304 Å². The molecule has 7 nitrogen and oxygen atoms in total. The van der Waals surface area contributed by atoms with E-state index >= 15 is 0 Å². The lowest BCUT2D eigenvalue weighted by molar-refractivity contribution is -0.154. The Morgan fingerprint density at radius 1 is 0.469 bits per heavy atom. The maximum absolute atomic E-state index is 12.4. The zero-order chi connectivity index (χ0) is 35.9. The van der Waals surface area contributed by atoms with Crippen molar-refractivity contribution in [1.82, 2.24) is 0 Å². The molecule has 0 aliphatic carbocycles. The molecule has 8 heteroatoms. The van der Waals surface area contributed by atoms with Crippen LogP contribution in [0.2, 0.25) is 0 Å². The van der Waals surface area contributed by atoms with Crippen LogP contribution in [0.4, 0.5) is 0 Å². The minimum atomic E-state index is -4.64. The Morgan fingerprint density at radius 2 is 0.776 bits per heavy atom. The summed E-state index contributed by atoms with van der Waals surface area (Å²) in [5.41, 5.74) is 0. The van der Waals surface area contributed by atoms with Gasteiger partial charge < -0.3 is 19.3 Å². The molecule has 0 saturated heterocycles. The summed E-state index contributed by atoms with van der Waals surface area (Å²) in [6, 6.07) is 0. The number of carbonyl (C=O) groups excluding carboxylic acids is 1. The Kier molecular flexibility index (Phi) is 38.4. The standard InChI is InChI=1S/C41H83O7P/c1-3-5-7-9-11-13-15-17-19-21-22-24-26-28-30-32-34-36-41(42)48-40(39-47-49(43,44)45)38-46-37-35-33-31-29-27-25-23-20-18-16-14-12-10-8-6-4-2/h40H,3-39H2,1-2H3,(H2,43,44,45)/t40-/m1/s1. The number of rotatable bonds is 41. The smallest absolute Gasteiger partial charge is 0.457 e. The number of phosphoric ester groups is 1. The first-order valence-electron chi connectivity index (χ1n) is 21.4. The van der Waals surface area contributed by atoms with Crippen LogP contribution >= 0.6 is 7.82 Å². The Balaban J connectivity index is 3.73. The van der Waals surface area contributed by atoms with Gasteiger partial charge in [0.05, 0.1) is 13.2 Å². The molecule has 0 unspecified atom stereocenters. The molecule has 0 aromatic heterocycles. The van der Waals surface area contributed by atoms with Crippen LogP contribution in [0.3, 0.4) is 0 Å². The van der Waals surface area contributed by atoms with E-state index in [0.29, 0.717) is 13.0 Å². The van der Waals surface area contributed by atoms with Crippen molar-refractivity contribution in [2.45, 2.75) is 238 Å². The molecule has 0 rings (SSSR count). The van der Waals surface area contributed by atoms with Crippen molar-refractivity contribution in [3.05, 3.63) is 0 Å². The topological polar surface area (TPSA) is 102 Å². The van der Waals surface area contributed by atoms with E-state index in [1.165, 1.54) is 180 Å². The number of esters is 1. The van der Waals surface area contributed by atoms with Crippen molar-refractivity contribution in [2.75, 3.05) is 19.8 Å². The fourth-order valence-electron chi connectivity index (χ4n) is 6.50. The van der Waals surface area contributed by atoms with Crippen molar-refractivity contribution >= 4 is 13.8 Å². The third kappa shape index (κ3) is 41.8. The van der Waals surface area contributed by atoms with E-state index in [0.717, 1.165) is 32.1 Å². The van der Waals surface area contributed by atoms with E-state index in [-0.39, 0.29) is 19.2 Å². The van der Waals surface area contributed by atoms with Gasteiger partial charge in [0.25, 0.3) is 0 Å². The fraction of sp³-hybridized carbons (Fsp3) is 0.976. The van der Waals surface area contributed by atoms with Gasteiger partial charge in [-0.3, -0.25) is 9.32 Å². The molecule has 0 spiro atoms. The molecule has 0 aromatic carbocycles. The summed E-state index contributed by atoms with van der Waals surface area (Å²) in [4.78, 5) is 30.6. The molecular formula is C41H83O7P. The predicted octanol–water partition coefficient (Wildman–Crippen LogP) is 13.3. The van der Waals surface area contributed by atoms with Gasteiger partial charge in [0.2, 0.25) is 0 Å². The van der Waals surface area contributed by atoms with Gasteiger partial charge in [-0.1, -0.05) is 213 Å². The molecule has 49 heavy (non-hydrogen) atoms. The maximum Gasteiger partial charge on any atom is 0.469 e. The minimum Gasteiger partial charge on any atom is -0.457 e. The van der Waals surface area contributed by atoms with Crippen LogP contribution in [0, 0.1) is 0 Å². The third-order valence-corrected chi connectivity index (χ3v) is 10.1. The number of carbonyl (C=O) groups is 1. The highest BCUT2D eigenvalue weighted by molar-refractivity contribution is 7.46. The summed E-state index contributed by atoms with van der Waals surface area (Å²) in [6.45, 7) is 4.81. The highest BCUT2D eigenvalue weighted by Crippen LogP contribution is 2.36. The fourth-order valence-corrected chi connectivity index (χ4v) is 6.86. The highest BCUT2D eigenvalue weighted by Gasteiger charge is 2.21. The van der Waals surface area contributed by atoms with Crippen molar-refractivity contribution in [2.24, 2.45) is 0 Å². The summed E-state index contributed by atoms with van der Waals surface area (Å²) in [5, 5.41) is 0. The first-order chi connectivity index (χ1) is 23.9. The van der Waals surface area contributed by atoms with Crippen LogP contribution in [0.5, 0.6) is 0 Å². The zero-order valence-electron chi connectivity index (χ0n) is 32.6. The molecule has 1 atom stereocenters. The molecule has 0 amide bonds. The van der Waals surface area contributed by atoms with Crippen LogP contribution in [-0.4, -0.2) is 41.7 Å². The van der Waals surface area contributed by atoms with Crippen molar-refractivity contribution in [3.63, 3.8) is 0 Å². The van der Waals surface area contributed by atoms with Gasteiger partial charge in [0.15, 0.2) is 0 Å². The van der Waals surface area contributed by atoms with Gasteiger partial charge in [0.1, 0.15) is 6.10 Å². The second-order valence-electron chi connectivity index (χ2n) is 14.7. The number of unbranched alkanes of at least 4 members (excludes halogenated alkanes) is 31. The molecule has 294 valence electrons. The molecule has 0 radical (unpaired) electrons. The average Bonchev–Trinajstić information content (AvgIpc) is 3.07. The molecule has 0 aliphatic heterocycles. The second kappa shape index (κ2) is 38.8. The predicted molar refractivity (Wildman–Crippen MR) is 207 cm³/mol. The zero-order valence-corrected chi connectivity index (χ0v) is 33.5. The van der Waals surface area contributed by atoms with Crippen molar-refractivity contribution < 1.29 is 33.1 Å². The Morgan fingerprint density at radius 3 is 1.10 bits per heavy atom. The lowest BCUT2D eigenvalue weighted by Gasteiger charge is -2.18. The molecule has 0 fully saturated rings. The van der Waals surface area contributed by atoms with E-state index in [9.17, 15) is 9.36 Å². The van der Waals surface area contributed by atoms with Crippen LogP contribution in [-0.2, 0) is 23.4 Å². The van der Waals surface area contributed by atoms with Crippen molar-refractivity contribution in [1.29, 1.82) is 0 Å². The number of hydrogen-bond donors (Lipinski definition) is 2. The van der Waals surface area contributed by atoms with Gasteiger partial charge >= 0.3 is 13.8 Å². The van der Waals surface area contributed by atoms with Gasteiger partial charge in [-0.25, -0.2) is 4.57 Å². The summed E-state index contributed by atoms with van der Waals surface area (Å²) < 4.78 is 27.0. The van der Waals surface area contributed by atoms with Gasteiger partial charge in [-0.15, -0.1) is 0 Å². The summed E-state index contributed by atoms with van der Waals surface area (Å²) >= 11 is 0. The molecule has 2 N–H and O–H groups in total. The minimum absolute atomic E-state index is 0.0868. The van der Waals surface area contributed by atoms with Crippen LogP contribution < -0.4 is 0 Å². The monoisotopic (exact) mass is 719 g/mol. The van der Waals surface area contributed by atoms with Crippen LogP contribution in [0.25, 0.3) is 0 Å². The Bertz CT molecular complexity index is 714. The lowest BCUT2D eigenvalue weighted by atomic mass is 10.0. The third-order valence-electron chi connectivity index (χ3n) is 9.66. The van der Waals surface area contributed by atoms with E-state index in [4.69, 9.17) is 19.3 Å². The van der Waals surface area contributed by atoms with Crippen molar-refractivity contribution in [3.8, 4) is 0 Å². The lowest BCUT2D eigenvalue weighted by Crippen LogP contribution is -2.28. The van der Waals surface area contributed by atoms with Crippen LogP contribution in [0.1, 0.15) is 232 Å². The Hall–Kier alpha value is -0.460. The summed E-state index contributed by atoms with van der Waals surface area (Å²) in [6.07, 6.45) is 42.4. The average molecular weight is 719 g/mol. The largest absolute Gasteiger partial charge is 0.469 e. The summed E-state index contributed by atoms with van der Waals surface area (Å²) in [5.74, 6) is -0.355. The van der Waals surface area contributed by atoms with Crippen LogP contribution in [0.15, 0.2) is 0 Å². The normalized spacial score (nSPS) is 12.5. The molecule has 0 aliphatic rings. The number of phosphoric acid groups is 1. The summed E-state index contributed by atoms with van der Waals surface area (Å²) in [7, 11) is -4.64. The number of ether oxygens (including phenoxy) is 2. The highest BCUT2D eigenvalue weighted by atomic mass is 31.2. The van der Waals surface area contributed by atoms with E-state index in [2.05, 4.69) is 18.4 Å². The van der Waals surface area contributed by atoms with Gasteiger partial charge in [-0.2, -0.15) is 0 Å². The number of hydrogen-bond acceptors (Lipinski definition) is 5. The molecule has 0 heterocycles. The van der Waals surface area contributed by atoms with E-state index in [1.807, 2.05) is 0 Å². The molecule has 0 aromatic rings. The molecule has 0 saturated carbocycles. The molecule has 0 bridgehead atoms. The second-order valence-corrected chi connectivity index (χ2v) is 15.9. The SMILES string of the molecule is CCCCCCCCCCCCCCCCCCCC(=O)O[C@H](COCCCCCCCCCCCCCCCCCC)COP(=O)(O)O. The first-order valence-corrected chi connectivity index (χ1v) is 22.9. The first kappa shape index (κ1) is 48.5. The van der Waals surface area contributed by atoms with E-state index < -0.39 is 13.9 Å². The maximum atomic E-state index is 12.4. The van der Waals surface area contributed by atoms with Gasteiger partial charge in [0, 0.05) is 13.0 Å². The van der Waals surface area contributed by atoms with E-state index in [1.54, 1.807) is 0 Å².